The van der Waals surface area contributed by atoms with Crippen LogP contribution in [0.3, 0.4) is 0 Å². The quantitative estimate of drug-likeness (QED) is 0.0475. The molecule has 0 bridgehead atoms. The zero-order chi connectivity index (χ0) is 34.7. The van der Waals surface area contributed by atoms with Gasteiger partial charge in [0.2, 0.25) is 0 Å². The van der Waals surface area contributed by atoms with Crippen LogP contribution in [0.25, 0.3) is 0 Å². The SMILES string of the molecule is CCCCCCCCC=CCCCCCCCCCCOCCN(C)CCOCCCCCCCCCCC=CCCCCCCCC. The maximum absolute atomic E-state index is 5.89. The molecule has 286 valence electrons. The third kappa shape index (κ3) is 43.4. The Morgan fingerprint density at radius 1 is 0.312 bits per heavy atom. The molecule has 0 aromatic carbocycles. The van der Waals surface area contributed by atoms with E-state index in [4.69, 9.17) is 9.47 Å². The molecule has 0 aliphatic rings. The minimum atomic E-state index is 0.847. The molecule has 0 saturated heterocycles. The van der Waals surface area contributed by atoms with Gasteiger partial charge in [-0.3, -0.25) is 0 Å². The van der Waals surface area contributed by atoms with Crippen LogP contribution in [0.2, 0.25) is 0 Å². The minimum Gasteiger partial charge on any atom is -0.380 e. The van der Waals surface area contributed by atoms with Crippen molar-refractivity contribution < 1.29 is 9.47 Å². The Hall–Kier alpha value is -0.640. The molecule has 0 spiro atoms. The fourth-order valence-corrected chi connectivity index (χ4v) is 6.37. The first-order chi connectivity index (χ1) is 23.8. The average molecular weight is 676 g/mol. The van der Waals surface area contributed by atoms with Crippen LogP contribution in [-0.2, 0) is 9.47 Å². The van der Waals surface area contributed by atoms with Crippen LogP contribution in [0.15, 0.2) is 24.3 Å². The van der Waals surface area contributed by atoms with Crippen LogP contribution >= 0.6 is 0 Å². The van der Waals surface area contributed by atoms with Crippen molar-refractivity contribution in [1.29, 1.82) is 0 Å². The Bertz CT molecular complexity index is 566. The van der Waals surface area contributed by atoms with Gasteiger partial charge in [0.1, 0.15) is 0 Å². The first kappa shape index (κ1) is 47.4. The molecule has 0 N–H and O–H groups in total. The number of unbranched alkanes of at least 4 members (excludes halogenated alkanes) is 28. The molecule has 3 nitrogen and oxygen atoms in total. The summed E-state index contributed by atoms with van der Waals surface area (Å²) in [5, 5.41) is 0. The summed E-state index contributed by atoms with van der Waals surface area (Å²) in [4.78, 5) is 2.34. The minimum absolute atomic E-state index is 0.847. The molecule has 0 heterocycles. The van der Waals surface area contributed by atoms with E-state index in [-0.39, 0.29) is 0 Å². The topological polar surface area (TPSA) is 21.7 Å². The van der Waals surface area contributed by atoms with Gasteiger partial charge in [-0.15, -0.1) is 0 Å². The zero-order valence-corrected chi connectivity index (χ0v) is 33.4. The van der Waals surface area contributed by atoms with Crippen molar-refractivity contribution in [2.24, 2.45) is 0 Å². The molecular weight excluding hydrogens is 587 g/mol. The Morgan fingerprint density at radius 2 is 0.562 bits per heavy atom. The second-order valence-corrected chi connectivity index (χ2v) is 14.8. The fourth-order valence-electron chi connectivity index (χ4n) is 6.37. The molecule has 0 saturated carbocycles. The van der Waals surface area contributed by atoms with Gasteiger partial charge in [0.15, 0.2) is 0 Å². The molecule has 0 aliphatic carbocycles. The van der Waals surface area contributed by atoms with Crippen molar-refractivity contribution in [3.05, 3.63) is 24.3 Å². The van der Waals surface area contributed by atoms with Crippen molar-refractivity contribution in [1.82, 2.24) is 4.90 Å². The third-order valence-corrected chi connectivity index (χ3v) is 9.84. The largest absolute Gasteiger partial charge is 0.380 e. The molecule has 0 amide bonds. The number of hydrogen-bond donors (Lipinski definition) is 0. The summed E-state index contributed by atoms with van der Waals surface area (Å²) < 4.78 is 11.8. The van der Waals surface area contributed by atoms with Gasteiger partial charge < -0.3 is 14.4 Å². The summed E-state index contributed by atoms with van der Waals surface area (Å²) in [5.74, 6) is 0. The van der Waals surface area contributed by atoms with E-state index in [0.717, 1.165) is 39.5 Å². The molecule has 0 unspecified atom stereocenters. The van der Waals surface area contributed by atoms with Gasteiger partial charge in [0.25, 0.3) is 0 Å². The van der Waals surface area contributed by atoms with Crippen molar-refractivity contribution in [3.63, 3.8) is 0 Å². The van der Waals surface area contributed by atoms with Crippen molar-refractivity contribution >= 4 is 0 Å². The van der Waals surface area contributed by atoms with Crippen LogP contribution in [-0.4, -0.2) is 51.5 Å². The molecule has 48 heavy (non-hydrogen) atoms. The fraction of sp³-hybridized carbons (Fsp3) is 0.911. The molecule has 0 rings (SSSR count). The van der Waals surface area contributed by atoms with E-state index in [1.807, 2.05) is 0 Å². The van der Waals surface area contributed by atoms with Gasteiger partial charge in [-0.05, 0) is 71.3 Å². The number of allylic oxidation sites excluding steroid dienone is 4. The number of likely N-dealkylation sites (N-methyl/N-ethyl adjacent to an activating group) is 1. The Morgan fingerprint density at radius 3 is 0.854 bits per heavy atom. The number of rotatable bonds is 42. The summed E-state index contributed by atoms with van der Waals surface area (Å²) in [7, 11) is 2.19. The Labute approximate surface area is 303 Å². The lowest BCUT2D eigenvalue weighted by atomic mass is 10.1. The van der Waals surface area contributed by atoms with Crippen LogP contribution in [0, 0.1) is 0 Å². The maximum Gasteiger partial charge on any atom is 0.0593 e. The summed E-state index contributed by atoms with van der Waals surface area (Å²) in [6.07, 6.45) is 53.6. The predicted octanol–water partition coefficient (Wildman–Crippen LogP) is 14.6. The monoisotopic (exact) mass is 676 g/mol. The van der Waals surface area contributed by atoms with Crippen molar-refractivity contribution in [3.8, 4) is 0 Å². The lowest BCUT2D eigenvalue weighted by molar-refractivity contribution is 0.0814. The lowest BCUT2D eigenvalue weighted by Crippen LogP contribution is -2.27. The molecule has 3 heteroatoms. The van der Waals surface area contributed by atoms with Gasteiger partial charge in [-0.25, -0.2) is 0 Å². The van der Waals surface area contributed by atoms with Crippen LogP contribution in [0.4, 0.5) is 0 Å². The average Bonchev–Trinajstić information content (AvgIpc) is 3.09. The van der Waals surface area contributed by atoms with Crippen LogP contribution in [0.5, 0.6) is 0 Å². The van der Waals surface area contributed by atoms with E-state index in [1.54, 1.807) is 0 Å². The Balaban J connectivity index is 3.19. The third-order valence-electron chi connectivity index (χ3n) is 9.84. The standard InChI is InChI=1S/C45H89NO2/c1-4-6-8-10-12-14-16-18-20-22-24-26-28-30-32-34-36-38-42-47-44-40-46(3)41-45-48-43-39-37-35-33-31-29-27-25-23-21-19-17-15-13-11-9-7-5-2/h18-21H,4-17,22-45H2,1-3H3. The summed E-state index contributed by atoms with van der Waals surface area (Å²) >= 11 is 0. The normalized spacial score (nSPS) is 12.1. The smallest absolute Gasteiger partial charge is 0.0593 e. The number of nitrogens with zero attached hydrogens (tertiary/aromatic N) is 1. The highest BCUT2D eigenvalue weighted by molar-refractivity contribution is 4.82. The number of hydrogen-bond acceptors (Lipinski definition) is 3. The molecule has 0 atom stereocenters. The Kier molecular flexibility index (Phi) is 43.8. The van der Waals surface area contributed by atoms with E-state index in [9.17, 15) is 0 Å². The highest BCUT2D eigenvalue weighted by Crippen LogP contribution is 2.13. The summed E-state index contributed by atoms with van der Waals surface area (Å²) in [6.45, 7) is 10.1. The van der Waals surface area contributed by atoms with Gasteiger partial charge >= 0.3 is 0 Å². The van der Waals surface area contributed by atoms with Gasteiger partial charge in [-0.1, -0.05) is 179 Å². The highest BCUT2D eigenvalue weighted by Gasteiger charge is 2.00. The summed E-state index contributed by atoms with van der Waals surface area (Å²) in [6, 6.07) is 0. The molecule has 0 fully saturated rings. The van der Waals surface area contributed by atoms with Gasteiger partial charge in [0, 0.05) is 26.3 Å². The molecule has 0 aromatic heterocycles. The lowest BCUT2D eigenvalue weighted by Gasteiger charge is -2.16. The predicted molar refractivity (Wildman–Crippen MR) is 217 cm³/mol. The molecular formula is C45H89NO2. The molecule has 0 radical (unpaired) electrons. The van der Waals surface area contributed by atoms with Crippen LogP contribution in [0.1, 0.15) is 219 Å². The zero-order valence-electron chi connectivity index (χ0n) is 33.4. The van der Waals surface area contributed by atoms with Crippen molar-refractivity contribution in [2.45, 2.75) is 219 Å². The van der Waals surface area contributed by atoms with Gasteiger partial charge in [-0.2, -0.15) is 0 Å². The summed E-state index contributed by atoms with van der Waals surface area (Å²) in [5.41, 5.74) is 0. The first-order valence-electron chi connectivity index (χ1n) is 21.9. The highest BCUT2D eigenvalue weighted by atomic mass is 16.5. The van der Waals surface area contributed by atoms with Crippen molar-refractivity contribution in [2.75, 3.05) is 46.6 Å². The van der Waals surface area contributed by atoms with E-state index in [1.165, 1.54) is 205 Å². The molecule has 0 aromatic rings. The molecule has 0 aliphatic heterocycles. The van der Waals surface area contributed by atoms with E-state index < -0.39 is 0 Å². The number of ether oxygens (including phenoxy) is 2. The maximum atomic E-state index is 5.89. The van der Waals surface area contributed by atoms with Gasteiger partial charge in [0.05, 0.1) is 13.2 Å². The van der Waals surface area contributed by atoms with E-state index in [2.05, 4.69) is 50.1 Å². The van der Waals surface area contributed by atoms with Crippen LogP contribution < -0.4 is 0 Å². The second-order valence-electron chi connectivity index (χ2n) is 14.8. The van der Waals surface area contributed by atoms with E-state index >= 15 is 0 Å². The van der Waals surface area contributed by atoms with E-state index in [0.29, 0.717) is 0 Å². The second kappa shape index (κ2) is 44.4. The first-order valence-corrected chi connectivity index (χ1v) is 21.9.